The average Bonchev–Trinajstić information content (AvgIpc) is 2.93. The Bertz CT molecular complexity index is 648. The molecule has 2 aromatic rings. The SMILES string of the molecule is CC(C)n1c(CCNC(=O)CCCCCCN)nc2ccccc21. The quantitative estimate of drug-likeness (QED) is 0.657. The molecule has 0 radical (unpaired) electrons. The Hall–Kier alpha value is -1.88. The molecule has 5 heteroatoms. The Morgan fingerprint density at radius 2 is 1.96 bits per heavy atom. The fraction of sp³-hybridized carbons (Fsp3) is 0.579. The largest absolute Gasteiger partial charge is 0.356 e. The van der Waals surface area contributed by atoms with Crippen LogP contribution in [0.25, 0.3) is 11.0 Å². The highest BCUT2D eigenvalue weighted by atomic mass is 16.1. The van der Waals surface area contributed by atoms with Gasteiger partial charge >= 0.3 is 0 Å². The number of para-hydroxylation sites is 2. The second-order valence-corrected chi connectivity index (χ2v) is 6.53. The molecule has 2 rings (SSSR count). The van der Waals surface area contributed by atoms with Crippen LogP contribution in [0.2, 0.25) is 0 Å². The molecule has 0 fully saturated rings. The first-order valence-electron chi connectivity index (χ1n) is 9.06. The first kappa shape index (κ1) is 18.5. The van der Waals surface area contributed by atoms with Crippen molar-refractivity contribution in [2.75, 3.05) is 13.1 Å². The normalized spacial score (nSPS) is 11.3. The summed E-state index contributed by atoms with van der Waals surface area (Å²) in [5, 5.41) is 3.02. The van der Waals surface area contributed by atoms with E-state index in [-0.39, 0.29) is 5.91 Å². The van der Waals surface area contributed by atoms with Gasteiger partial charge in [0.25, 0.3) is 0 Å². The van der Waals surface area contributed by atoms with Gasteiger partial charge in [0.15, 0.2) is 0 Å². The third-order valence-electron chi connectivity index (χ3n) is 4.21. The van der Waals surface area contributed by atoms with Crippen LogP contribution in [0, 0.1) is 0 Å². The minimum absolute atomic E-state index is 0.134. The van der Waals surface area contributed by atoms with Crippen molar-refractivity contribution < 1.29 is 4.79 Å². The molecule has 5 nitrogen and oxygen atoms in total. The number of carbonyl (C=O) groups is 1. The Kier molecular flexibility index (Phi) is 7.25. The molecule has 1 heterocycles. The molecular weight excluding hydrogens is 300 g/mol. The number of nitrogens with one attached hydrogen (secondary N) is 1. The molecule has 0 saturated heterocycles. The number of hydrogen-bond acceptors (Lipinski definition) is 3. The van der Waals surface area contributed by atoms with E-state index < -0.39 is 0 Å². The molecule has 0 aliphatic heterocycles. The molecule has 1 aromatic heterocycles. The lowest BCUT2D eigenvalue weighted by atomic mass is 10.1. The van der Waals surface area contributed by atoms with Crippen LogP contribution in [-0.4, -0.2) is 28.5 Å². The summed E-state index contributed by atoms with van der Waals surface area (Å²) < 4.78 is 2.26. The Balaban J connectivity index is 1.83. The number of aromatic nitrogens is 2. The first-order valence-corrected chi connectivity index (χ1v) is 9.06. The summed E-state index contributed by atoms with van der Waals surface area (Å²) in [6, 6.07) is 8.55. The zero-order valence-corrected chi connectivity index (χ0v) is 14.9. The molecule has 3 N–H and O–H groups in total. The van der Waals surface area contributed by atoms with Gasteiger partial charge in [0.2, 0.25) is 5.91 Å². The average molecular weight is 330 g/mol. The molecule has 0 saturated carbocycles. The summed E-state index contributed by atoms with van der Waals surface area (Å²) in [5.74, 6) is 1.17. The van der Waals surface area contributed by atoms with E-state index in [9.17, 15) is 4.79 Å². The van der Waals surface area contributed by atoms with Gasteiger partial charge in [-0.25, -0.2) is 4.98 Å². The van der Waals surface area contributed by atoms with E-state index in [1.54, 1.807) is 0 Å². The van der Waals surface area contributed by atoms with Crippen molar-refractivity contribution in [2.24, 2.45) is 5.73 Å². The number of fused-ring (bicyclic) bond motifs is 1. The van der Waals surface area contributed by atoms with Crippen LogP contribution < -0.4 is 11.1 Å². The van der Waals surface area contributed by atoms with Gasteiger partial charge in [-0.2, -0.15) is 0 Å². The highest BCUT2D eigenvalue weighted by Crippen LogP contribution is 2.21. The maximum absolute atomic E-state index is 11.9. The van der Waals surface area contributed by atoms with Gasteiger partial charge in [-0.1, -0.05) is 25.0 Å². The van der Waals surface area contributed by atoms with Gasteiger partial charge in [-0.05, 0) is 45.4 Å². The molecule has 24 heavy (non-hydrogen) atoms. The van der Waals surface area contributed by atoms with E-state index in [0.717, 1.165) is 55.5 Å². The van der Waals surface area contributed by atoms with Gasteiger partial charge in [-0.15, -0.1) is 0 Å². The van der Waals surface area contributed by atoms with E-state index in [1.807, 2.05) is 18.2 Å². The summed E-state index contributed by atoms with van der Waals surface area (Å²) in [5.41, 5.74) is 7.65. The smallest absolute Gasteiger partial charge is 0.220 e. The number of imidazole rings is 1. The van der Waals surface area contributed by atoms with E-state index in [1.165, 1.54) is 0 Å². The van der Waals surface area contributed by atoms with Gasteiger partial charge in [-0.3, -0.25) is 4.79 Å². The van der Waals surface area contributed by atoms with Crippen LogP contribution in [0.4, 0.5) is 0 Å². The van der Waals surface area contributed by atoms with E-state index in [0.29, 0.717) is 19.0 Å². The zero-order chi connectivity index (χ0) is 17.4. The molecular formula is C19H30N4O. The van der Waals surface area contributed by atoms with Crippen LogP contribution in [0.3, 0.4) is 0 Å². The highest BCUT2D eigenvalue weighted by molar-refractivity contribution is 5.76. The summed E-state index contributed by atoms with van der Waals surface area (Å²) in [4.78, 5) is 16.6. The van der Waals surface area contributed by atoms with Crippen LogP contribution in [0.15, 0.2) is 24.3 Å². The highest BCUT2D eigenvalue weighted by Gasteiger charge is 2.12. The fourth-order valence-corrected chi connectivity index (χ4v) is 3.03. The standard InChI is InChI=1S/C19H30N4O/c1-15(2)23-17-10-7-6-9-16(17)22-18(23)12-14-21-19(24)11-5-3-4-8-13-20/h6-7,9-10,15H,3-5,8,11-14,20H2,1-2H3,(H,21,24). The van der Waals surface area contributed by atoms with Crippen LogP contribution in [-0.2, 0) is 11.2 Å². The van der Waals surface area contributed by atoms with Crippen molar-refractivity contribution in [3.8, 4) is 0 Å². The lowest BCUT2D eigenvalue weighted by Crippen LogP contribution is -2.26. The molecule has 0 bridgehead atoms. The molecule has 0 aliphatic carbocycles. The number of rotatable bonds is 10. The molecule has 0 atom stereocenters. The number of nitrogens with two attached hydrogens (primary N) is 1. The van der Waals surface area contributed by atoms with Gasteiger partial charge in [0.05, 0.1) is 11.0 Å². The van der Waals surface area contributed by atoms with E-state index >= 15 is 0 Å². The lowest BCUT2D eigenvalue weighted by molar-refractivity contribution is -0.121. The monoisotopic (exact) mass is 330 g/mol. The minimum atomic E-state index is 0.134. The van der Waals surface area contributed by atoms with Crippen molar-refractivity contribution in [2.45, 2.75) is 58.4 Å². The van der Waals surface area contributed by atoms with Crippen molar-refractivity contribution in [3.05, 3.63) is 30.1 Å². The third-order valence-corrected chi connectivity index (χ3v) is 4.21. The topological polar surface area (TPSA) is 72.9 Å². The number of benzene rings is 1. The number of amides is 1. The van der Waals surface area contributed by atoms with Gasteiger partial charge in [0, 0.05) is 25.4 Å². The summed E-state index contributed by atoms with van der Waals surface area (Å²) in [6.45, 7) is 5.70. The van der Waals surface area contributed by atoms with E-state index in [2.05, 4.69) is 29.8 Å². The lowest BCUT2D eigenvalue weighted by Gasteiger charge is -2.13. The molecule has 0 aliphatic rings. The molecule has 132 valence electrons. The Labute approximate surface area is 144 Å². The minimum Gasteiger partial charge on any atom is -0.356 e. The zero-order valence-electron chi connectivity index (χ0n) is 14.9. The number of nitrogens with zero attached hydrogens (tertiary/aromatic N) is 2. The van der Waals surface area contributed by atoms with Crippen LogP contribution in [0.5, 0.6) is 0 Å². The summed E-state index contributed by atoms with van der Waals surface area (Å²) in [6.07, 6.45) is 5.54. The fourth-order valence-electron chi connectivity index (χ4n) is 3.03. The Morgan fingerprint density at radius 3 is 2.71 bits per heavy atom. The maximum atomic E-state index is 11.9. The first-order chi connectivity index (χ1) is 11.6. The molecule has 1 amide bonds. The van der Waals surface area contributed by atoms with Crippen molar-refractivity contribution >= 4 is 16.9 Å². The molecule has 1 aromatic carbocycles. The number of carbonyl (C=O) groups excluding carboxylic acids is 1. The van der Waals surface area contributed by atoms with Crippen LogP contribution in [0.1, 0.15) is 57.8 Å². The predicted molar refractivity (Wildman–Crippen MR) is 99.0 cm³/mol. The van der Waals surface area contributed by atoms with Gasteiger partial charge in [0.1, 0.15) is 5.82 Å². The predicted octanol–water partition coefficient (Wildman–Crippen LogP) is 3.19. The van der Waals surface area contributed by atoms with Crippen molar-refractivity contribution in [1.29, 1.82) is 0 Å². The summed E-state index contributed by atoms with van der Waals surface area (Å²) in [7, 11) is 0. The molecule has 0 spiro atoms. The van der Waals surface area contributed by atoms with Gasteiger partial charge < -0.3 is 15.6 Å². The van der Waals surface area contributed by atoms with Crippen molar-refractivity contribution in [3.63, 3.8) is 0 Å². The van der Waals surface area contributed by atoms with Crippen molar-refractivity contribution in [1.82, 2.24) is 14.9 Å². The second-order valence-electron chi connectivity index (χ2n) is 6.53. The third kappa shape index (κ3) is 5.06. The second kappa shape index (κ2) is 9.42. The maximum Gasteiger partial charge on any atom is 0.220 e. The number of unbranched alkanes of at least 4 members (excludes halogenated alkanes) is 3. The van der Waals surface area contributed by atoms with Crippen LogP contribution >= 0.6 is 0 Å². The number of hydrogen-bond donors (Lipinski definition) is 2. The molecule has 0 unspecified atom stereocenters. The summed E-state index contributed by atoms with van der Waals surface area (Å²) >= 11 is 0. The van der Waals surface area contributed by atoms with E-state index in [4.69, 9.17) is 10.7 Å². The Morgan fingerprint density at radius 1 is 1.21 bits per heavy atom.